The molecular formula is C6H8Cl2O3. The van der Waals surface area contributed by atoms with Crippen molar-refractivity contribution in [2.24, 2.45) is 0 Å². The highest BCUT2D eigenvalue weighted by Gasteiger charge is 2.21. The molecule has 0 bridgehead atoms. The molecule has 0 radical (unpaired) electrons. The molecule has 0 saturated carbocycles. The molecular weight excluding hydrogens is 191 g/mol. The van der Waals surface area contributed by atoms with Crippen molar-refractivity contribution in [1.29, 1.82) is 0 Å². The lowest BCUT2D eigenvalue weighted by Gasteiger charge is -2.00. The van der Waals surface area contributed by atoms with Crippen LogP contribution in [-0.4, -0.2) is 28.1 Å². The second-order valence-electron chi connectivity index (χ2n) is 1.96. The molecule has 0 rings (SSSR count). The standard InChI is InChI=1S/C6H8Cl2O3/c7-3-1-2-4(9)5(8)6(10)11/h5H,1-3H2,(H,10,11)/t5-/m0/s1. The van der Waals surface area contributed by atoms with Crippen molar-refractivity contribution in [2.45, 2.75) is 18.2 Å². The van der Waals surface area contributed by atoms with E-state index in [2.05, 4.69) is 0 Å². The van der Waals surface area contributed by atoms with Crippen molar-refractivity contribution in [3.8, 4) is 0 Å². The molecule has 0 aromatic carbocycles. The summed E-state index contributed by atoms with van der Waals surface area (Å²) < 4.78 is 0. The smallest absolute Gasteiger partial charge is 0.329 e. The van der Waals surface area contributed by atoms with Crippen LogP contribution < -0.4 is 0 Å². The minimum Gasteiger partial charge on any atom is -0.480 e. The first-order chi connectivity index (χ1) is 5.09. The lowest BCUT2D eigenvalue weighted by atomic mass is 10.2. The Hall–Kier alpha value is -0.280. The molecule has 5 heteroatoms. The summed E-state index contributed by atoms with van der Waals surface area (Å²) in [5, 5.41) is 6.85. The monoisotopic (exact) mass is 198 g/mol. The summed E-state index contributed by atoms with van der Waals surface area (Å²) in [5.41, 5.74) is 0. The zero-order valence-electron chi connectivity index (χ0n) is 5.72. The fraction of sp³-hybridized carbons (Fsp3) is 0.667. The molecule has 0 spiro atoms. The van der Waals surface area contributed by atoms with Crippen LogP contribution >= 0.6 is 23.2 Å². The van der Waals surface area contributed by atoms with Crippen molar-refractivity contribution >= 4 is 35.0 Å². The van der Waals surface area contributed by atoms with Crippen LogP contribution in [0.1, 0.15) is 12.8 Å². The molecule has 11 heavy (non-hydrogen) atoms. The second kappa shape index (κ2) is 5.38. The van der Waals surface area contributed by atoms with Crippen molar-refractivity contribution in [1.82, 2.24) is 0 Å². The Morgan fingerprint density at radius 2 is 2.00 bits per heavy atom. The number of halogens is 2. The molecule has 1 atom stereocenters. The number of Topliss-reactive ketones (excluding diaryl/α,β-unsaturated/α-hetero) is 1. The molecule has 0 fully saturated rings. The van der Waals surface area contributed by atoms with Gasteiger partial charge in [0.05, 0.1) is 0 Å². The van der Waals surface area contributed by atoms with Gasteiger partial charge in [0.25, 0.3) is 0 Å². The zero-order chi connectivity index (χ0) is 8.85. The van der Waals surface area contributed by atoms with Gasteiger partial charge >= 0.3 is 5.97 Å². The first-order valence-electron chi connectivity index (χ1n) is 3.05. The largest absolute Gasteiger partial charge is 0.480 e. The van der Waals surface area contributed by atoms with E-state index in [9.17, 15) is 9.59 Å². The summed E-state index contributed by atoms with van der Waals surface area (Å²) >= 11 is 10.5. The first kappa shape index (κ1) is 10.7. The van der Waals surface area contributed by atoms with Gasteiger partial charge in [-0.25, -0.2) is 0 Å². The summed E-state index contributed by atoms with van der Waals surface area (Å²) in [6.07, 6.45) is 0.598. The fourth-order valence-electron chi connectivity index (χ4n) is 0.505. The summed E-state index contributed by atoms with van der Waals surface area (Å²) in [5.74, 6) is -1.44. The van der Waals surface area contributed by atoms with Crippen molar-refractivity contribution < 1.29 is 14.7 Å². The molecule has 0 aromatic rings. The fourth-order valence-corrected chi connectivity index (χ4v) is 0.748. The van der Waals surface area contributed by atoms with E-state index in [1.165, 1.54) is 0 Å². The topological polar surface area (TPSA) is 54.4 Å². The molecule has 0 saturated heterocycles. The predicted molar refractivity (Wildman–Crippen MR) is 42.2 cm³/mol. The van der Waals surface area contributed by atoms with Crippen LogP contribution in [-0.2, 0) is 9.59 Å². The highest BCUT2D eigenvalue weighted by Crippen LogP contribution is 2.04. The van der Waals surface area contributed by atoms with E-state index in [4.69, 9.17) is 28.3 Å². The van der Waals surface area contributed by atoms with Crippen LogP contribution in [0, 0.1) is 0 Å². The van der Waals surface area contributed by atoms with Gasteiger partial charge in [0, 0.05) is 12.3 Å². The Balaban J connectivity index is 3.74. The molecule has 0 aliphatic heterocycles. The number of ketones is 1. The number of carbonyl (C=O) groups is 2. The number of carboxylic acids is 1. The third kappa shape index (κ3) is 4.22. The maximum absolute atomic E-state index is 10.8. The van der Waals surface area contributed by atoms with E-state index >= 15 is 0 Å². The number of alkyl halides is 2. The van der Waals surface area contributed by atoms with Crippen LogP contribution in [0.25, 0.3) is 0 Å². The Bertz CT molecular complexity index is 158. The molecule has 0 aromatic heterocycles. The molecule has 0 heterocycles. The van der Waals surface area contributed by atoms with E-state index in [-0.39, 0.29) is 6.42 Å². The normalized spacial score (nSPS) is 12.5. The second-order valence-corrected chi connectivity index (χ2v) is 2.77. The number of hydrogen-bond acceptors (Lipinski definition) is 2. The van der Waals surface area contributed by atoms with Crippen LogP contribution in [0.2, 0.25) is 0 Å². The van der Waals surface area contributed by atoms with Crippen molar-refractivity contribution in [3.05, 3.63) is 0 Å². The minimum absolute atomic E-state index is 0.129. The van der Waals surface area contributed by atoms with Gasteiger partial charge in [-0.3, -0.25) is 9.59 Å². The average Bonchev–Trinajstić information content (AvgIpc) is 1.98. The SMILES string of the molecule is O=C(O)[C@@H](Cl)C(=O)CCCCl. The summed E-state index contributed by atoms with van der Waals surface area (Å²) in [4.78, 5) is 20.9. The van der Waals surface area contributed by atoms with E-state index in [1.807, 2.05) is 0 Å². The number of hydrogen-bond donors (Lipinski definition) is 1. The molecule has 3 nitrogen and oxygen atoms in total. The van der Waals surface area contributed by atoms with Gasteiger partial charge in [-0.2, -0.15) is 0 Å². The predicted octanol–water partition coefficient (Wildman–Crippen LogP) is 1.27. The van der Waals surface area contributed by atoms with Gasteiger partial charge in [0.1, 0.15) is 0 Å². The van der Waals surface area contributed by atoms with Gasteiger partial charge in [0.15, 0.2) is 11.2 Å². The van der Waals surface area contributed by atoms with Crippen LogP contribution in [0.4, 0.5) is 0 Å². The van der Waals surface area contributed by atoms with Gasteiger partial charge in [-0.05, 0) is 6.42 Å². The number of carboxylic acid groups (broad SMARTS) is 1. The van der Waals surface area contributed by atoms with Gasteiger partial charge in [-0.1, -0.05) is 0 Å². The summed E-state index contributed by atoms with van der Waals surface area (Å²) in [6.45, 7) is 0. The quantitative estimate of drug-likeness (QED) is 0.535. The van der Waals surface area contributed by atoms with Gasteiger partial charge in [-0.15, -0.1) is 23.2 Å². The van der Waals surface area contributed by atoms with Crippen molar-refractivity contribution in [2.75, 3.05) is 5.88 Å². The van der Waals surface area contributed by atoms with Crippen LogP contribution in [0.3, 0.4) is 0 Å². The average molecular weight is 199 g/mol. The van der Waals surface area contributed by atoms with Crippen molar-refractivity contribution in [3.63, 3.8) is 0 Å². The third-order valence-corrected chi connectivity index (χ3v) is 1.75. The van der Waals surface area contributed by atoms with Gasteiger partial charge < -0.3 is 5.11 Å². The van der Waals surface area contributed by atoms with E-state index in [0.717, 1.165) is 0 Å². The van der Waals surface area contributed by atoms with Gasteiger partial charge in [0.2, 0.25) is 0 Å². The van der Waals surface area contributed by atoms with E-state index < -0.39 is 17.1 Å². The molecule has 0 aliphatic carbocycles. The molecule has 0 aliphatic rings. The van der Waals surface area contributed by atoms with Crippen LogP contribution in [0.5, 0.6) is 0 Å². The Labute approximate surface area is 74.3 Å². The molecule has 0 unspecified atom stereocenters. The van der Waals surface area contributed by atoms with Crippen LogP contribution in [0.15, 0.2) is 0 Å². The molecule has 1 N–H and O–H groups in total. The van der Waals surface area contributed by atoms with E-state index in [1.54, 1.807) is 0 Å². The summed E-state index contributed by atoms with van der Waals surface area (Å²) in [7, 11) is 0. The first-order valence-corrected chi connectivity index (χ1v) is 4.02. The number of rotatable bonds is 5. The molecule has 0 amide bonds. The number of aliphatic carboxylic acids is 1. The minimum atomic E-state index is -1.42. The Morgan fingerprint density at radius 1 is 1.45 bits per heavy atom. The lowest BCUT2D eigenvalue weighted by Crippen LogP contribution is -2.23. The Kier molecular flexibility index (Phi) is 5.24. The maximum Gasteiger partial charge on any atom is 0.329 e. The highest BCUT2D eigenvalue weighted by atomic mass is 35.5. The van der Waals surface area contributed by atoms with E-state index in [0.29, 0.717) is 12.3 Å². The maximum atomic E-state index is 10.8. The summed E-state index contributed by atoms with van der Waals surface area (Å²) in [6, 6.07) is 0. The third-order valence-electron chi connectivity index (χ3n) is 1.06. The lowest BCUT2D eigenvalue weighted by molar-refractivity contribution is -0.139. The highest BCUT2D eigenvalue weighted by molar-refractivity contribution is 6.40. The molecule has 64 valence electrons. The zero-order valence-corrected chi connectivity index (χ0v) is 7.23. The number of carbonyl (C=O) groups excluding carboxylic acids is 1. The Morgan fingerprint density at radius 3 is 2.36 bits per heavy atom.